The normalized spacial score (nSPS) is 27.6. The smallest absolute Gasteiger partial charge is 0.249 e. The van der Waals surface area contributed by atoms with Crippen molar-refractivity contribution >= 4 is 5.91 Å². The van der Waals surface area contributed by atoms with Gasteiger partial charge in [0.2, 0.25) is 5.91 Å². The molecule has 0 aliphatic heterocycles. The van der Waals surface area contributed by atoms with E-state index in [-0.39, 0.29) is 23.7 Å². The molecule has 4 heteroatoms. The van der Waals surface area contributed by atoms with Gasteiger partial charge in [-0.05, 0) is 53.4 Å². The summed E-state index contributed by atoms with van der Waals surface area (Å²) in [6.45, 7) is 7.72. The highest BCUT2D eigenvalue weighted by Crippen LogP contribution is 2.21. The molecular weight excluding hydrogens is 216 g/mol. The van der Waals surface area contributed by atoms with Crippen molar-refractivity contribution in [3.63, 3.8) is 0 Å². The molecule has 100 valence electrons. The quantitative estimate of drug-likeness (QED) is 0.789. The molecule has 0 aromatic heterocycles. The van der Waals surface area contributed by atoms with Gasteiger partial charge in [0.25, 0.3) is 0 Å². The first-order chi connectivity index (χ1) is 7.78. The van der Waals surface area contributed by atoms with E-state index in [1.165, 1.54) is 0 Å². The minimum atomic E-state index is -0.381. The van der Waals surface area contributed by atoms with Gasteiger partial charge in [-0.3, -0.25) is 4.79 Å². The van der Waals surface area contributed by atoms with E-state index in [0.29, 0.717) is 6.04 Å². The van der Waals surface area contributed by atoms with Gasteiger partial charge in [0.15, 0.2) is 0 Å². The zero-order valence-electron chi connectivity index (χ0n) is 11.5. The van der Waals surface area contributed by atoms with E-state index in [9.17, 15) is 4.79 Å². The first-order valence-corrected chi connectivity index (χ1v) is 6.51. The van der Waals surface area contributed by atoms with Gasteiger partial charge < -0.3 is 15.8 Å². The number of rotatable bonds is 3. The van der Waals surface area contributed by atoms with Gasteiger partial charge in [-0.1, -0.05) is 0 Å². The van der Waals surface area contributed by atoms with Crippen LogP contribution in [0.5, 0.6) is 0 Å². The zero-order chi connectivity index (χ0) is 13.1. The van der Waals surface area contributed by atoms with Crippen molar-refractivity contribution in [2.75, 3.05) is 0 Å². The monoisotopic (exact) mass is 242 g/mol. The fraction of sp³-hybridized carbons (Fsp3) is 0.923. The van der Waals surface area contributed by atoms with Crippen LogP contribution >= 0.6 is 0 Å². The first-order valence-electron chi connectivity index (χ1n) is 6.51. The molecule has 0 saturated heterocycles. The van der Waals surface area contributed by atoms with E-state index in [1.807, 2.05) is 27.7 Å². The molecular formula is C13H26N2O2. The summed E-state index contributed by atoms with van der Waals surface area (Å²) in [5.74, 6) is -0.0348. The minimum absolute atomic E-state index is 0.0348. The fourth-order valence-electron chi connectivity index (χ4n) is 2.05. The van der Waals surface area contributed by atoms with Gasteiger partial charge in [0.1, 0.15) is 6.10 Å². The standard InChI is InChI=1S/C13H26N2O2/c1-9(12(16)15-13(2,3)4)17-11-7-5-10(14)6-8-11/h9-11H,5-8,14H2,1-4H3,(H,15,16). The van der Waals surface area contributed by atoms with Crippen molar-refractivity contribution in [2.24, 2.45) is 5.73 Å². The molecule has 1 saturated carbocycles. The van der Waals surface area contributed by atoms with Gasteiger partial charge in [-0.15, -0.1) is 0 Å². The van der Waals surface area contributed by atoms with E-state index in [0.717, 1.165) is 25.7 Å². The highest BCUT2D eigenvalue weighted by Gasteiger charge is 2.25. The number of nitrogens with one attached hydrogen (secondary N) is 1. The number of ether oxygens (including phenoxy) is 1. The Balaban J connectivity index is 2.33. The van der Waals surface area contributed by atoms with Gasteiger partial charge in [0, 0.05) is 11.6 Å². The van der Waals surface area contributed by atoms with E-state index in [4.69, 9.17) is 10.5 Å². The van der Waals surface area contributed by atoms with Gasteiger partial charge in [-0.2, -0.15) is 0 Å². The fourth-order valence-corrected chi connectivity index (χ4v) is 2.05. The second-order valence-corrected chi connectivity index (χ2v) is 6.05. The van der Waals surface area contributed by atoms with Crippen LogP contribution in [-0.2, 0) is 9.53 Å². The predicted octanol–water partition coefficient (Wildman–Crippen LogP) is 1.58. The number of carbonyl (C=O) groups excluding carboxylic acids is 1. The van der Waals surface area contributed by atoms with Crippen molar-refractivity contribution in [2.45, 2.75) is 77.2 Å². The lowest BCUT2D eigenvalue weighted by Crippen LogP contribution is -2.47. The van der Waals surface area contributed by atoms with Crippen molar-refractivity contribution in [3.8, 4) is 0 Å². The highest BCUT2D eigenvalue weighted by atomic mass is 16.5. The van der Waals surface area contributed by atoms with Crippen molar-refractivity contribution in [3.05, 3.63) is 0 Å². The molecule has 1 fully saturated rings. The Morgan fingerprint density at radius 3 is 2.29 bits per heavy atom. The molecule has 0 radical (unpaired) electrons. The molecule has 3 N–H and O–H groups in total. The predicted molar refractivity (Wildman–Crippen MR) is 68.7 cm³/mol. The molecule has 0 aromatic carbocycles. The number of amides is 1. The molecule has 0 bridgehead atoms. The third-order valence-electron chi connectivity index (χ3n) is 2.98. The van der Waals surface area contributed by atoms with E-state index >= 15 is 0 Å². The molecule has 0 spiro atoms. The molecule has 4 nitrogen and oxygen atoms in total. The van der Waals surface area contributed by atoms with Crippen LogP contribution in [0.4, 0.5) is 0 Å². The summed E-state index contributed by atoms with van der Waals surface area (Å²) in [4.78, 5) is 11.8. The van der Waals surface area contributed by atoms with Gasteiger partial charge in [0.05, 0.1) is 6.10 Å². The lowest BCUT2D eigenvalue weighted by molar-refractivity contribution is -0.138. The minimum Gasteiger partial charge on any atom is -0.365 e. The van der Waals surface area contributed by atoms with Crippen LogP contribution in [-0.4, -0.2) is 29.7 Å². The lowest BCUT2D eigenvalue weighted by atomic mass is 9.93. The Labute approximate surface area is 104 Å². The summed E-state index contributed by atoms with van der Waals surface area (Å²) >= 11 is 0. The van der Waals surface area contributed by atoms with E-state index in [2.05, 4.69) is 5.32 Å². The molecule has 1 aliphatic rings. The second kappa shape index (κ2) is 5.83. The zero-order valence-corrected chi connectivity index (χ0v) is 11.5. The maximum Gasteiger partial charge on any atom is 0.249 e. The maximum absolute atomic E-state index is 11.8. The van der Waals surface area contributed by atoms with Crippen LogP contribution in [0.2, 0.25) is 0 Å². The van der Waals surface area contributed by atoms with Crippen molar-refractivity contribution in [1.82, 2.24) is 5.32 Å². The molecule has 1 unspecified atom stereocenters. The van der Waals surface area contributed by atoms with Crippen LogP contribution in [0, 0.1) is 0 Å². The SMILES string of the molecule is CC(OC1CCC(N)CC1)C(=O)NC(C)(C)C. The maximum atomic E-state index is 11.8. The highest BCUT2D eigenvalue weighted by molar-refractivity contribution is 5.81. The average Bonchev–Trinajstić information content (AvgIpc) is 2.19. The summed E-state index contributed by atoms with van der Waals surface area (Å²) in [7, 11) is 0. The number of hydrogen-bond donors (Lipinski definition) is 2. The first kappa shape index (κ1) is 14.5. The molecule has 1 aliphatic carbocycles. The molecule has 0 heterocycles. The van der Waals surface area contributed by atoms with Crippen molar-refractivity contribution in [1.29, 1.82) is 0 Å². The summed E-state index contributed by atoms with van der Waals surface area (Å²) in [5.41, 5.74) is 5.63. The van der Waals surface area contributed by atoms with E-state index < -0.39 is 0 Å². The number of hydrogen-bond acceptors (Lipinski definition) is 3. The summed E-state index contributed by atoms with van der Waals surface area (Å²) in [5, 5.41) is 2.93. The topological polar surface area (TPSA) is 64.3 Å². The summed E-state index contributed by atoms with van der Waals surface area (Å²) < 4.78 is 5.78. The third kappa shape index (κ3) is 5.50. The van der Waals surface area contributed by atoms with Crippen LogP contribution in [0.3, 0.4) is 0 Å². The van der Waals surface area contributed by atoms with Gasteiger partial charge >= 0.3 is 0 Å². The third-order valence-corrected chi connectivity index (χ3v) is 2.98. The second-order valence-electron chi connectivity index (χ2n) is 6.05. The van der Waals surface area contributed by atoms with E-state index in [1.54, 1.807) is 0 Å². The Morgan fingerprint density at radius 1 is 1.29 bits per heavy atom. The van der Waals surface area contributed by atoms with Crippen molar-refractivity contribution < 1.29 is 9.53 Å². The molecule has 0 aromatic rings. The Kier molecular flexibility index (Phi) is 4.95. The van der Waals surface area contributed by atoms with Crippen LogP contribution in [0.25, 0.3) is 0 Å². The largest absolute Gasteiger partial charge is 0.365 e. The summed E-state index contributed by atoms with van der Waals surface area (Å²) in [6.07, 6.45) is 3.74. The molecule has 1 amide bonds. The average molecular weight is 242 g/mol. The van der Waals surface area contributed by atoms with Crippen LogP contribution in [0.1, 0.15) is 53.4 Å². The lowest BCUT2D eigenvalue weighted by Gasteiger charge is -2.29. The number of nitrogens with two attached hydrogens (primary N) is 1. The molecule has 1 rings (SSSR count). The van der Waals surface area contributed by atoms with Crippen LogP contribution < -0.4 is 11.1 Å². The Morgan fingerprint density at radius 2 is 1.82 bits per heavy atom. The molecule has 1 atom stereocenters. The Hall–Kier alpha value is -0.610. The van der Waals surface area contributed by atoms with Crippen LogP contribution in [0.15, 0.2) is 0 Å². The number of carbonyl (C=O) groups is 1. The Bertz CT molecular complexity index is 253. The van der Waals surface area contributed by atoms with Gasteiger partial charge in [-0.25, -0.2) is 0 Å². The molecule has 17 heavy (non-hydrogen) atoms. The summed E-state index contributed by atoms with van der Waals surface area (Å²) in [6, 6.07) is 0.313.